The quantitative estimate of drug-likeness (QED) is 0.363. The third-order valence-electron chi connectivity index (χ3n) is 9.38. The summed E-state index contributed by atoms with van der Waals surface area (Å²) in [7, 11) is 3.54. The van der Waals surface area contributed by atoms with Gasteiger partial charge in [-0.2, -0.15) is 0 Å². The molecule has 258 valence electrons. The Morgan fingerprint density at radius 1 is 1.06 bits per heavy atom. The molecule has 47 heavy (non-hydrogen) atoms. The predicted molar refractivity (Wildman–Crippen MR) is 176 cm³/mol. The average molecular weight is 657 g/mol. The standard InChI is InChI=1S/C35H49FN4O7/c1-22-6-8-28(41)20-29(42)33(43)32(23(2)7-9-30(22)47-35(45)39-12-10-38(5)11-13-39)24(3)16-25-17-26(36)19-27(18-25)40-14-15-46-31(21-40)34(44)37-4/h7,9,16-19,22-23,28,30-32,41H,6,8,10-15,20-21H2,1-5H3,(H,37,44)/b9-7+,24-16+/t22-,23+,28+,30+,31-,32+/m1/s1. The number of allylic oxidation sites excluding steroid dienone is 2. The van der Waals surface area contributed by atoms with Crippen molar-refractivity contribution in [1.29, 1.82) is 0 Å². The zero-order chi connectivity index (χ0) is 34.2. The van der Waals surface area contributed by atoms with Crippen LogP contribution >= 0.6 is 0 Å². The van der Waals surface area contributed by atoms with E-state index in [9.17, 15) is 28.7 Å². The van der Waals surface area contributed by atoms with Crippen molar-refractivity contribution in [3.05, 3.63) is 47.3 Å². The second kappa shape index (κ2) is 16.5. The maximum absolute atomic E-state index is 14.9. The Morgan fingerprint density at radius 2 is 1.79 bits per heavy atom. The monoisotopic (exact) mass is 656 g/mol. The number of halogens is 1. The molecule has 1 aromatic rings. The van der Waals surface area contributed by atoms with E-state index in [0.717, 1.165) is 13.1 Å². The number of hydrogen-bond donors (Lipinski definition) is 2. The number of nitrogens with one attached hydrogen (secondary N) is 1. The number of anilines is 1. The number of likely N-dealkylation sites (N-methyl/N-ethyl adjacent to an activating group) is 2. The molecule has 1 aliphatic carbocycles. The van der Waals surface area contributed by atoms with Crippen LogP contribution in [0.25, 0.3) is 6.08 Å². The summed E-state index contributed by atoms with van der Waals surface area (Å²) >= 11 is 0. The highest BCUT2D eigenvalue weighted by molar-refractivity contribution is 6.38. The first-order valence-corrected chi connectivity index (χ1v) is 16.5. The molecule has 12 heteroatoms. The van der Waals surface area contributed by atoms with Gasteiger partial charge in [0.05, 0.1) is 25.2 Å². The smallest absolute Gasteiger partial charge is 0.410 e. The Hall–Kier alpha value is -3.61. The number of hydrogen-bond acceptors (Lipinski definition) is 9. The van der Waals surface area contributed by atoms with Crippen molar-refractivity contribution < 1.29 is 38.1 Å². The maximum atomic E-state index is 14.9. The van der Waals surface area contributed by atoms with Gasteiger partial charge in [-0.15, -0.1) is 0 Å². The van der Waals surface area contributed by atoms with Crippen LogP contribution in [0, 0.1) is 23.6 Å². The Bertz CT molecular complexity index is 1360. The minimum Gasteiger partial charge on any atom is -0.442 e. The summed E-state index contributed by atoms with van der Waals surface area (Å²) in [5.41, 5.74) is 1.61. The third-order valence-corrected chi connectivity index (χ3v) is 9.38. The van der Waals surface area contributed by atoms with Crippen molar-refractivity contribution in [3.8, 4) is 0 Å². The summed E-state index contributed by atoms with van der Waals surface area (Å²) in [6.45, 7) is 9.18. The lowest BCUT2D eigenvalue weighted by Crippen LogP contribution is -2.49. The van der Waals surface area contributed by atoms with Crippen LogP contribution in [0.4, 0.5) is 14.9 Å². The van der Waals surface area contributed by atoms with Gasteiger partial charge in [0.15, 0.2) is 6.10 Å². The van der Waals surface area contributed by atoms with Crippen molar-refractivity contribution in [1.82, 2.24) is 15.1 Å². The summed E-state index contributed by atoms with van der Waals surface area (Å²) in [4.78, 5) is 57.7. The van der Waals surface area contributed by atoms with Gasteiger partial charge in [-0.3, -0.25) is 14.4 Å². The van der Waals surface area contributed by atoms with Gasteiger partial charge in [-0.1, -0.05) is 31.6 Å². The fourth-order valence-corrected chi connectivity index (χ4v) is 6.41. The highest BCUT2D eigenvalue weighted by atomic mass is 19.1. The number of carbonyl (C=O) groups is 4. The van der Waals surface area contributed by atoms with Gasteiger partial charge in [0.25, 0.3) is 5.91 Å². The second-order valence-corrected chi connectivity index (χ2v) is 13.1. The summed E-state index contributed by atoms with van der Waals surface area (Å²) < 4.78 is 26.5. The Balaban J connectivity index is 1.60. The summed E-state index contributed by atoms with van der Waals surface area (Å²) in [6.07, 6.45) is 3.08. The van der Waals surface area contributed by atoms with E-state index in [-0.39, 0.29) is 31.2 Å². The van der Waals surface area contributed by atoms with Gasteiger partial charge < -0.3 is 34.6 Å². The van der Waals surface area contributed by atoms with Crippen LogP contribution in [0.3, 0.4) is 0 Å². The SMILES string of the molecule is CNC(=O)[C@H]1CN(c2cc(F)cc(/C=C(\C)[C@H]3C(=O)C(=O)C[C@@H](O)CC[C@@H](C)[C@@H](OC(=O)N4CCN(C)CC4)/C=C/[C@@H]3C)c2)CCO1. The number of benzene rings is 1. The first kappa shape index (κ1) is 36.2. The van der Waals surface area contributed by atoms with Crippen molar-refractivity contribution in [2.45, 2.75) is 58.3 Å². The van der Waals surface area contributed by atoms with Gasteiger partial charge in [0.2, 0.25) is 11.6 Å². The van der Waals surface area contributed by atoms with Crippen LogP contribution in [-0.2, 0) is 23.9 Å². The highest BCUT2D eigenvalue weighted by Crippen LogP contribution is 2.30. The fraction of sp³-hybridized carbons (Fsp3) is 0.600. The molecule has 1 aromatic carbocycles. The first-order valence-electron chi connectivity index (χ1n) is 16.5. The van der Waals surface area contributed by atoms with Gasteiger partial charge in [-0.25, -0.2) is 9.18 Å². The van der Waals surface area contributed by atoms with Gasteiger partial charge >= 0.3 is 6.09 Å². The molecule has 2 N–H and O–H groups in total. The summed E-state index contributed by atoms with van der Waals surface area (Å²) in [5.74, 6) is -3.53. The van der Waals surface area contributed by atoms with E-state index in [4.69, 9.17) is 9.47 Å². The molecule has 2 aliphatic heterocycles. The molecule has 0 aromatic heterocycles. The number of nitrogens with zero attached hydrogens (tertiary/aromatic N) is 3. The zero-order valence-corrected chi connectivity index (χ0v) is 28.1. The maximum Gasteiger partial charge on any atom is 0.410 e. The molecule has 0 spiro atoms. The Labute approximate surface area is 276 Å². The molecule has 2 saturated heterocycles. The minimum atomic E-state index is -1.01. The number of ether oxygens (including phenoxy) is 2. The van der Waals surface area contributed by atoms with Crippen LogP contribution in [-0.4, -0.2) is 117 Å². The molecule has 0 bridgehead atoms. The van der Waals surface area contributed by atoms with Crippen LogP contribution in [0.15, 0.2) is 35.9 Å². The van der Waals surface area contributed by atoms with Crippen LogP contribution in [0.2, 0.25) is 0 Å². The van der Waals surface area contributed by atoms with E-state index in [1.165, 1.54) is 19.2 Å². The third kappa shape index (κ3) is 9.71. The van der Waals surface area contributed by atoms with Crippen molar-refractivity contribution >= 4 is 35.3 Å². The highest BCUT2D eigenvalue weighted by Gasteiger charge is 2.34. The Morgan fingerprint density at radius 3 is 2.49 bits per heavy atom. The largest absolute Gasteiger partial charge is 0.442 e. The molecular weight excluding hydrogens is 607 g/mol. The zero-order valence-electron chi connectivity index (χ0n) is 28.1. The van der Waals surface area contributed by atoms with Crippen molar-refractivity contribution in [3.63, 3.8) is 0 Å². The molecule has 6 atom stereocenters. The molecule has 4 rings (SSSR count). The molecule has 2 fully saturated rings. The molecule has 11 nitrogen and oxygen atoms in total. The number of rotatable bonds is 5. The number of aliphatic hydroxyl groups is 1. The van der Waals surface area contributed by atoms with Crippen LogP contribution in [0.1, 0.15) is 45.6 Å². The number of carbonyl (C=O) groups excluding carboxylic acids is 4. The Kier molecular flexibility index (Phi) is 12.7. The molecular formula is C35H49FN4O7. The number of Topliss-reactive ketones (excluding diaryl/α,β-unsaturated/α-hetero) is 2. The molecule has 2 heterocycles. The molecule has 0 saturated carbocycles. The number of morpholine rings is 1. The molecule has 3 aliphatic rings. The van der Waals surface area contributed by atoms with E-state index in [1.807, 2.05) is 31.9 Å². The number of piperazine rings is 1. The van der Waals surface area contributed by atoms with Gasteiger partial charge in [0.1, 0.15) is 11.9 Å². The van der Waals surface area contributed by atoms with E-state index < -0.39 is 53.6 Å². The summed E-state index contributed by atoms with van der Waals surface area (Å²) in [5, 5.41) is 13.2. The lowest BCUT2D eigenvalue weighted by molar-refractivity contribution is -0.140. The topological polar surface area (TPSA) is 129 Å². The molecule has 0 radical (unpaired) electrons. The summed E-state index contributed by atoms with van der Waals surface area (Å²) in [6, 6.07) is 4.52. The normalized spacial score (nSPS) is 29.5. The predicted octanol–water partition coefficient (Wildman–Crippen LogP) is 3.06. The van der Waals surface area contributed by atoms with E-state index >= 15 is 0 Å². The average Bonchev–Trinajstić information content (AvgIpc) is 3.04. The lowest BCUT2D eigenvalue weighted by Gasteiger charge is -2.33. The van der Waals surface area contributed by atoms with Gasteiger partial charge in [0, 0.05) is 51.9 Å². The van der Waals surface area contributed by atoms with Crippen molar-refractivity contribution in [2.75, 3.05) is 64.9 Å². The van der Waals surface area contributed by atoms with Crippen LogP contribution < -0.4 is 10.2 Å². The van der Waals surface area contributed by atoms with Gasteiger partial charge in [-0.05, 0) is 68.5 Å². The second-order valence-electron chi connectivity index (χ2n) is 13.1. The van der Waals surface area contributed by atoms with Crippen molar-refractivity contribution in [2.24, 2.45) is 17.8 Å². The molecule has 2 amide bonds. The van der Waals surface area contributed by atoms with E-state index in [1.54, 1.807) is 30.0 Å². The number of ketones is 2. The molecule has 0 unspecified atom stereocenters. The van der Waals surface area contributed by atoms with Crippen LogP contribution in [0.5, 0.6) is 0 Å². The fourth-order valence-electron chi connectivity index (χ4n) is 6.41. The lowest BCUT2D eigenvalue weighted by atomic mass is 9.80. The van der Waals surface area contributed by atoms with E-state index in [2.05, 4.69) is 10.2 Å². The van der Waals surface area contributed by atoms with E-state index in [0.29, 0.717) is 49.5 Å². The minimum absolute atomic E-state index is 0.140. The first-order chi connectivity index (χ1) is 22.4. The number of amides is 2. The number of aliphatic hydroxyl groups excluding tert-OH is 1.